The molecular weight excluding hydrogens is 300 g/mol. The number of fused-ring (bicyclic) bond motifs is 3. The van der Waals surface area contributed by atoms with Gasteiger partial charge in [-0.15, -0.1) is 0 Å². The molecule has 0 saturated carbocycles. The van der Waals surface area contributed by atoms with E-state index in [1.54, 1.807) is 14.2 Å². The summed E-state index contributed by atoms with van der Waals surface area (Å²) in [6.45, 7) is 0. The minimum absolute atomic E-state index is 0.764. The van der Waals surface area contributed by atoms with Crippen molar-refractivity contribution in [1.29, 1.82) is 0 Å². The van der Waals surface area contributed by atoms with Crippen LogP contribution in [0.4, 0.5) is 0 Å². The van der Waals surface area contributed by atoms with Gasteiger partial charge in [-0.1, -0.05) is 42.5 Å². The van der Waals surface area contributed by atoms with Crippen LogP contribution in [-0.4, -0.2) is 19.3 Å². The van der Waals surface area contributed by atoms with Gasteiger partial charge in [0.25, 0.3) is 0 Å². The van der Waals surface area contributed by atoms with Crippen molar-refractivity contribution in [2.45, 2.75) is 5.60 Å². The number of ether oxygens (including phenoxy) is 2. The Kier molecular flexibility index (Phi) is 3.32. The van der Waals surface area contributed by atoms with Gasteiger partial charge in [-0.2, -0.15) is 0 Å². The number of methoxy groups -OCH3 is 2. The van der Waals surface area contributed by atoms with Crippen LogP contribution in [-0.2, 0) is 5.60 Å². The van der Waals surface area contributed by atoms with Crippen molar-refractivity contribution in [3.8, 4) is 22.6 Å². The second kappa shape index (κ2) is 5.39. The van der Waals surface area contributed by atoms with Crippen LogP contribution in [0.1, 0.15) is 16.7 Å². The van der Waals surface area contributed by atoms with E-state index in [-0.39, 0.29) is 0 Å². The Labute approximate surface area is 141 Å². The molecule has 24 heavy (non-hydrogen) atoms. The van der Waals surface area contributed by atoms with Gasteiger partial charge in [0, 0.05) is 11.1 Å². The molecule has 0 amide bonds. The topological polar surface area (TPSA) is 38.7 Å². The maximum Gasteiger partial charge on any atom is 0.141 e. The van der Waals surface area contributed by atoms with Gasteiger partial charge in [0.2, 0.25) is 0 Å². The van der Waals surface area contributed by atoms with Crippen molar-refractivity contribution in [3.05, 3.63) is 83.4 Å². The molecule has 3 nitrogen and oxygen atoms in total. The van der Waals surface area contributed by atoms with E-state index in [0.717, 1.165) is 39.3 Å². The predicted octanol–water partition coefficient (Wildman–Crippen LogP) is 3.97. The first-order valence-electron chi connectivity index (χ1n) is 7.84. The van der Waals surface area contributed by atoms with Crippen LogP contribution in [0.15, 0.2) is 66.7 Å². The van der Waals surface area contributed by atoms with Gasteiger partial charge in [0.15, 0.2) is 0 Å². The summed E-state index contributed by atoms with van der Waals surface area (Å²) in [5.74, 6) is 1.53. The fraction of sp³-hybridized carbons (Fsp3) is 0.143. The summed E-state index contributed by atoms with van der Waals surface area (Å²) in [6.07, 6.45) is 0. The van der Waals surface area contributed by atoms with Crippen LogP contribution in [0, 0.1) is 0 Å². The van der Waals surface area contributed by atoms with Crippen LogP contribution < -0.4 is 9.47 Å². The largest absolute Gasteiger partial charge is 0.497 e. The molecule has 3 aromatic carbocycles. The van der Waals surface area contributed by atoms with E-state index in [1.165, 1.54) is 0 Å². The Morgan fingerprint density at radius 1 is 0.708 bits per heavy atom. The van der Waals surface area contributed by atoms with Gasteiger partial charge in [-0.3, -0.25) is 0 Å². The van der Waals surface area contributed by atoms with Crippen molar-refractivity contribution in [2.24, 2.45) is 0 Å². The molecule has 0 atom stereocenters. The second-order valence-electron chi connectivity index (χ2n) is 5.90. The Hall–Kier alpha value is -2.78. The first kappa shape index (κ1) is 14.8. The van der Waals surface area contributed by atoms with E-state index in [4.69, 9.17) is 9.47 Å². The molecule has 1 N–H and O–H groups in total. The molecule has 1 aliphatic rings. The minimum atomic E-state index is -1.18. The fourth-order valence-corrected chi connectivity index (χ4v) is 3.51. The molecule has 0 spiro atoms. The van der Waals surface area contributed by atoms with Crippen LogP contribution in [0.3, 0.4) is 0 Å². The van der Waals surface area contributed by atoms with E-state index >= 15 is 0 Å². The van der Waals surface area contributed by atoms with Gasteiger partial charge >= 0.3 is 0 Å². The molecule has 0 fully saturated rings. The molecule has 3 aromatic rings. The Morgan fingerprint density at radius 2 is 1.21 bits per heavy atom. The molecule has 0 aliphatic heterocycles. The van der Waals surface area contributed by atoms with Crippen LogP contribution >= 0.6 is 0 Å². The number of benzene rings is 3. The molecule has 0 bridgehead atoms. The Balaban J connectivity index is 2.05. The van der Waals surface area contributed by atoms with Crippen molar-refractivity contribution in [1.82, 2.24) is 0 Å². The van der Waals surface area contributed by atoms with E-state index < -0.39 is 5.60 Å². The van der Waals surface area contributed by atoms with E-state index in [2.05, 4.69) is 0 Å². The number of rotatable bonds is 3. The minimum Gasteiger partial charge on any atom is -0.497 e. The standard InChI is InChI=1S/C21H18O3/c1-23-15-8-10-19-17(12-15)18-13-16(24-2)9-11-20(18)21(19,22)14-6-4-3-5-7-14/h3-13,22H,1-2H3. The average Bonchev–Trinajstić information content (AvgIpc) is 2.91. The van der Waals surface area contributed by atoms with Crippen molar-refractivity contribution >= 4 is 0 Å². The maximum atomic E-state index is 11.7. The van der Waals surface area contributed by atoms with E-state index in [1.807, 2.05) is 66.7 Å². The molecule has 0 aromatic heterocycles. The zero-order valence-corrected chi connectivity index (χ0v) is 13.6. The highest BCUT2D eigenvalue weighted by Gasteiger charge is 2.43. The highest BCUT2D eigenvalue weighted by molar-refractivity contribution is 5.84. The highest BCUT2D eigenvalue weighted by atomic mass is 16.5. The third-order valence-electron chi connectivity index (χ3n) is 4.71. The first-order chi connectivity index (χ1) is 11.7. The molecule has 0 saturated heterocycles. The third kappa shape index (κ3) is 1.95. The zero-order valence-electron chi connectivity index (χ0n) is 13.6. The first-order valence-corrected chi connectivity index (χ1v) is 7.84. The summed E-state index contributed by atoms with van der Waals surface area (Å²) in [5, 5.41) is 11.7. The quantitative estimate of drug-likeness (QED) is 0.794. The normalized spacial score (nSPS) is 14.0. The van der Waals surface area contributed by atoms with Crippen molar-refractivity contribution < 1.29 is 14.6 Å². The zero-order chi connectivity index (χ0) is 16.7. The second-order valence-corrected chi connectivity index (χ2v) is 5.90. The van der Waals surface area contributed by atoms with Gasteiger partial charge in [-0.05, 0) is 41.0 Å². The molecular formula is C21H18O3. The average molecular weight is 318 g/mol. The fourth-order valence-electron chi connectivity index (χ4n) is 3.51. The monoisotopic (exact) mass is 318 g/mol. The third-order valence-corrected chi connectivity index (χ3v) is 4.71. The predicted molar refractivity (Wildman–Crippen MR) is 93.5 cm³/mol. The highest BCUT2D eigenvalue weighted by Crippen LogP contribution is 2.52. The summed E-state index contributed by atoms with van der Waals surface area (Å²) in [7, 11) is 3.29. The molecule has 120 valence electrons. The smallest absolute Gasteiger partial charge is 0.141 e. The SMILES string of the molecule is COc1ccc2c(c1)-c1cc(OC)ccc1C2(O)c1ccccc1. The van der Waals surface area contributed by atoms with Gasteiger partial charge < -0.3 is 14.6 Å². The summed E-state index contributed by atoms with van der Waals surface area (Å²) < 4.78 is 10.7. The molecule has 1 aliphatic carbocycles. The molecule has 3 heteroatoms. The molecule has 0 radical (unpaired) electrons. The molecule has 0 unspecified atom stereocenters. The lowest BCUT2D eigenvalue weighted by atomic mass is 9.84. The van der Waals surface area contributed by atoms with E-state index in [9.17, 15) is 5.11 Å². The maximum absolute atomic E-state index is 11.7. The molecule has 4 rings (SSSR count). The van der Waals surface area contributed by atoms with Gasteiger partial charge in [-0.25, -0.2) is 0 Å². The van der Waals surface area contributed by atoms with Crippen LogP contribution in [0.5, 0.6) is 11.5 Å². The van der Waals surface area contributed by atoms with Crippen molar-refractivity contribution in [3.63, 3.8) is 0 Å². The Bertz CT molecular complexity index is 847. The molecule has 0 heterocycles. The van der Waals surface area contributed by atoms with Gasteiger partial charge in [0.05, 0.1) is 14.2 Å². The lowest BCUT2D eigenvalue weighted by molar-refractivity contribution is 0.130. The summed E-state index contributed by atoms with van der Waals surface area (Å²) in [5.41, 5.74) is 3.32. The summed E-state index contributed by atoms with van der Waals surface area (Å²) >= 11 is 0. The van der Waals surface area contributed by atoms with Crippen molar-refractivity contribution in [2.75, 3.05) is 14.2 Å². The van der Waals surface area contributed by atoms with E-state index in [0.29, 0.717) is 0 Å². The Morgan fingerprint density at radius 3 is 1.67 bits per heavy atom. The van der Waals surface area contributed by atoms with Gasteiger partial charge in [0.1, 0.15) is 17.1 Å². The van der Waals surface area contributed by atoms with Crippen LogP contribution in [0.2, 0.25) is 0 Å². The lowest BCUT2D eigenvalue weighted by Crippen LogP contribution is -2.26. The summed E-state index contributed by atoms with van der Waals surface area (Å²) in [4.78, 5) is 0. The summed E-state index contributed by atoms with van der Waals surface area (Å²) in [6, 6.07) is 21.3. The number of aliphatic hydroxyl groups is 1. The number of hydrogen-bond donors (Lipinski definition) is 1. The number of hydrogen-bond acceptors (Lipinski definition) is 3. The van der Waals surface area contributed by atoms with Crippen LogP contribution in [0.25, 0.3) is 11.1 Å². The lowest BCUT2D eigenvalue weighted by Gasteiger charge is -2.26.